The van der Waals surface area contributed by atoms with E-state index in [-0.39, 0.29) is 5.92 Å². The Labute approximate surface area is 121 Å². The Hall–Kier alpha value is -1.35. The van der Waals surface area contributed by atoms with Gasteiger partial charge in [0, 0.05) is 6.04 Å². The van der Waals surface area contributed by atoms with Gasteiger partial charge in [-0.15, -0.1) is 0 Å². The molecule has 3 heteroatoms. The Bertz CT molecular complexity index is 397. The predicted molar refractivity (Wildman–Crippen MR) is 80.8 cm³/mol. The number of carbonyl (C=O) groups is 1. The van der Waals surface area contributed by atoms with Crippen LogP contribution in [0.3, 0.4) is 0 Å². The number of benzene rings is 1. The molecule has 0 spiro atoms. The number of hydrogen-bond donors (Lipinski definition) is 2. The van der Waals surface area contributed by atoms with E-state index in [9.17, 15) is 4.79 Å². The quantitative estimate of drug-likeness (QED) is 0.751. The Morgan fingerprint density at radius 2 is 1.80 bits per heavy atom. The summed E-state index contributed by atoms with van der Waals surface area (Å²) in [5.41, 5.74) is 1.41. The van der Waals surface area contributed by atoms with Crippen molar-refractivity contribution in [3.8, 4) is 0 Å². The zero-order valence-corrected chi connectivity index (χ0v) is 12.1. The maximum atomic E-state index is 10.9. The van der Waals surface area contributed by atoms with Crippen LogP contribution in [-0.2, 0) is 11.2 Å². The van der Waals surface area contributed by atoms with Crippen LogP contribution in [0.4, 0.5) is 0 Å². The lowest BCUT2D eigenvalue weighted by Gasteiger charge is -2.26. The highest BCUT2D eigenvalue weighted by molar-refractivity contribution is 5.70. The van der Waals surface area contributed by atoms with E-state index >= 15 is 0 Å². The molecule has 20 heavy (non-hydrogen) atoms. The van der Waals surface area contributed by atoms with Gasteiger partial charge in [-0.3, -0.25) is 4.79 Å². The molecular weight excluding hydrogens is 250 g/mol. The second-order valence-corrected chi connectivity index (χ2v) is 5.78. The fourth-order valence-electron chi connectivity index (χ4n) is 2.95. The molecule has 2 rings (SSSR count). The SMILES string of the molecule is O=C(O)C1CCC(NCCCCc2ccccc2)CC1. The number of nitrogens with one attached hydrogen (secondary N) is 1. The largest absolute Gasteiger partial charge is 0.481 e. The smallest absolute Gasteiger partial charge is 0.306 e. The van der Waals surface area contributed by atoms with Gasteiger partial charge < -0.3 is 10.4 Å². The first-order valence-corrected chi connectivity index (χ1v) is 7.76. The van der Waals surface area contributed by atoms with Gasteiger partial charge in [-0.05, 0) is 57.1 Å². The second kappa shape index (κ2) is 8.05. The summed E-state index contributed by atoms with van der Waals surface area (Å²) >= 11 is 0. The number of aliphatic carboxylic acids is 1. The molecule has 110 valence electrons. The van der Waals surface area contributed by atoms with Crippen molar-refractivity contribution in [1.82, 2.24) is 5.32 Å². The van der Waals surface area contributed by atoms with Crippen molar-refractivity contribution in [2.24, 2.45) is 5.92 Å². The van der Waals surface area contributed by atoms with E-state index in [1.54, 1.807) is 0 Å². The summed E-state index contributed by atoms with van der Waals surface area (Å²) in [5, 5.41) is 12.5. The molecule has 0 atom stereocenters. The van der Waals surface area contributed by atoms with Gasteiger partial charge in [0.2, 0.25) is 0 Å². The molecule has 1 aromatic carbocycles. The standard InChI is InChI=1S/C17H25NO2/c19-17(20)15-9-11-16(12-10-15)18-13-5-4-8-14-6-2-1-3-7-14/h1-3,6-7,15-16,18H,4-5,8-13H2,(H,19,20). The summed E-state index contributed by atoms with van der Waals surface area (Å²) in [4.78, 5) is 10.9. The zero-order valence-electron chi connectivity index (χ0n) is 12.1. The van der Waals surface area contributed by atoms with Crippen LogP contribution in [0.2, 0.25) is 0 Å². The maximum absolute atomic E-state index is 10.9. The lowest BCUT2D eigenvalue weighted by molar-refractivity contribution is -0.142. The fraction of sp³-hybridized carbons (Fsp3) is 0.588. The average Bonchev–Trinajstić information content (AvgIpc) is 2.48. The van der Waals surface area contributed by atoms with Crippen LogP contribution in [0.25, 0.3) is 0 Å². The van der Waals surface area contributed by atoms with Gasteiger partial charge in [-0.2, -0.15) is 0 Å². The molecule has 2 N–H and O–H groups in total. The summed E-state index contributed by atoms with van der Waals surface area (Å²) in [6, 6.07) is 11.1. The molecule has 1 aliphatic rings. The summed E-state index contributed by atoms with van der Waals surface area (Å²) in [7, 11) is 0. The van der Waals surface area contributed by atoms with E-state index in [2.05, 4.69) is 35.6 Å². The van der Waals surface area contributed by atoms with Crippen molar-refractivity contribution in [2.75, 3.05) is 6.54 Å². The molecular formula is C17H25NO2. The molecule has 0 saturated heterocycles. The molecule has 0 aliphatic heterocycles. The van der Waals surface area contributed by atoms with E-state index in [1.165, 1.54) is 18.4 Å². The highest BCUT2D eigenvalue weighted by Gasteiger charge is 2.25. The number of unbranched alkanes of at least 4 members (excludes halogenated alkanes) is 1. The minimum atomic E-state index is -0.619. The van der Waals surface area contributed by atoms with Crippen molar-refractivity contribution < 1.29 is 9.90 Å². The molecule has 3 nitrogen and oxygen atoms in total. The molecule has 0 aromatic heterocycles. The number of rotatable bonds is 7. The molecule has 0 radical (unpaired) electrons. The lowest BCUT2D eigenvalue weighted by Crippen LogP contribution is -2.35. The van der Waals surface area contributed by atoms with Gasteiger partial charge in [0.15, 0.2) is 0 Å². The first-order valence-electron chi connectivity index (χ1n) is 7.76. The first kappa shape index (κ1) is 15.0. The Morgan fingerprint density at radius 3 is 2.45 bits per heavy atom. The highest BCUT2D eigenvalue weighted by Crippen LogP contribution is 2.24. The minimum Gasteiger partial charge on any atom is -0.481 e. The van der Waals surface area contributed by atoms with Crippen molar-refractivity contribution in [2.45, 2.75) is 51.0 Å². The van der Waals surface area contributed by atoms with Gasteiger partial charge in [0.1, 0.15) is 0 Å². The third kappa shape index (κ3) is 4.97. The van der Waals surface area contributed by atoms with E-state index in [0.717, 1.165) is 38.6 Å². The van der Waals surface area contributed by atoms with E-state index in [4.69, 9.17) is 5.11 Å². The molecule has 0 heterocycles. The molecule has 0 bridgehead atoms. The summed E-state index contributed by atoms with van der Waals surface area (Å²) in [5.74, 6) is -0.725. The van der Waals surface area contributed by atoms with Crippen LogP contribution in [-0.4, -0.2) is 23.7 Å². The summed E-state index contributed by atoms with van der Waals surface area (Å²) < 4.78 is 0. The summed E-state index contributed by atoms with van der Waals surface area (Å²) in [6.45, 7) is 1.05. The monoisotopic (exact) mass is 275 g/mol. The molecule has 1 aliphatic carbocycles. The predicted octanol–water partition coefficient (Wildman–Crippen LogP) is 3.24. The third-order valence-electron chi connectivity index (χ3n) is 4.24. The van der Waals surface area contributed by atoms with Crippen molar-refractivity contribution >= 4 is 5.97 Å². The lowest BCUT2D eigenvalue weighted by atomic mass is 9.86. The Morgan fingerprint density at radius 1 is 1.10 bits per heavy atom. The van der Waals surface area contributed by atoms with Crippen molar-refractivity contribution in [3.63, 3.8) is 0 Å². The zero-order chi connectivity index (χ0) is 14.2. The number of hydrogen-bond acceptors (Lipinski definition) is 2. The first-order chi connectivity index (χ1) is 9.75. The van der Waals surface area contributed by atoms with E-state index < -0.39 is 5.97 Å². The highest BCUT2D eigenvalue weighted by atomic mass is 16.4. The normalized spacial score (nSPS) is 22.6. The average molecular weight is 275 g/mol. The Balaban J connectivity index is 1.53. The van der Waals surface area contributed by atoms with Gasteiger partial charge in [0.05, 0.1) is 5.92 Å². The molecule has 1 saturated carbocycles. The molecule has 0 unspecified atom stereocenters. The van der Waals surface area contributed by atoms with Gasteiger partial charge in [-0.25, -0.2) is 0 Å². The van der Waals surface area contributed by atoms with Crippen LogP contribution in [0.1, 0.15) is 44.1 Å². The molecule has 0 amide bonds. The minimum absolute atomic E-state index is 0.105. The topological polar surface area (TPSA) is 49.3 Å². The van der Waals surface area contributed by atoms with Crippen LogP contribution < -0.4 is 5.32 Å². The van der Waals surface area contributed by atoms with Gasteiger partial charge >= 0.3 is 5.97 Å². The Kier molecular flexibility index (Phi) is 6.06. The van der Waals surface area contributed by atoms with Gasteiger partial charge in [0.25, 0.3) is 0 Å². The van der Waals surface area contributed by atoms with Crippen LogP contribution >= 0.6 is 0 Å². The third-order valence-corrected chi connectivity index (χ3v) is 4.24. The van der Waals surface area contributed by atoms with Crippen molar-refractivity contribution in [3.05, 3.63) is 35.9 Å². The van der Waals surface area contributed by atoms with Crippen molar-refractivity contribution in [1.29, 1.82) is 0 Å². The number of carboxylic acid groups (broad SMARTS) is 1. The molecule has 1 aromatic rings. The molecule has 1 fully saturated rings. The van der Waals surface area contributed by atoms with Crippen LogP contribution in [0.15, 0.2) is 30.3 Å². The maximum Gasteiger partial charge on any atom is 0.306 e. The van der Waals surface area contributed by atoms with Crippen LogP contribution in [0, 0.1) is 5.92 Å². The van der Waals surface area contributed by atoms with E-state index in [0.29, 0.717) is 6.04 Å². The number of carboxylic acids is 1. The van der Waals surface area contributed by atoms with E-state index in [1.807, 2.05) is 0 Å². The van der Waals surface area contributed by atoms with Gasteiger partial charge in [-0.1, -0.05) is 30.3 Å². The summed E-state index contributed by atoms with van der Waals surface area (Å²) in [6.07, 6.45) is 7.23. The fourth-order valence-corrected chi connectivity index (χ4v) is 2.95. The second-order valence-electron chi connectivity index (χ2n) is 5.78. The van der Waals surface area contributed by atoms with Crippen LogP contribution in [0.5, 0.6) is 0 Å². The number of aryl methyl sites for hydroxylation is 1.